The molecule has 0 saturated heterocycles. The first-order chi connectivity index (χ1) is 10.8. The Bertz CT molecular complexity index is 787. The highest BCUT2D eigenvalue weighted by Crippen LogP contribution is 2.14. The molecule has 2 N–H and O–H groups in total. The molecule has 22 heavy (non-hydrogen) atoms. The summed E-state index contributed by atoms with van der Waals surface area (Å²) in [5, 5.41) is 13.3. The molecule has 3 rings (SSSR count). The predicted octanol–water partition coefficient (Wildman–Crippen LogP) is 2.70. The van der Waals surface area contributed by atoms with Crippen LogP contribution in [0.1, 0.15) is 22.1 Å². The first kappa shape index (κ1) is 14.2. The van der Waals surface area contributed by atoms with Crippen LogP contribution in [-0.2, 0) is 0 Å². The number of benzene rings is 2. The summed E-state index contributed by atoms with van der Waals surface area (Å²) < 4.78 is 0. The summed E-state index contributed by atoms with van der Waals surface area (Å²) in [6.07, 6.45) is 0. The highest BCUT2D eigenvalue weighted by atomic mass is 16.3. The second-order valence-electron chi connectivity index (χ2n) is 5.01. The van der Waals surface area contributed by atoms with E-state index in [-0.39, 0.29) is 12.5 Å². The number of para-hydroxylation sites is 1. The fourth-order valence-electron chi connectivity index (χ4n) is 2.34. The van der Waals surface area contributed by atoms with Gasteiger partial charge >= 0.3 is 0 Å². The number of aliphatic hydroxyl groups excluding tert-OH is 1. The molecular weight excluding hydrogens is 276 g/mol. The molecule has 4 heteroatoms. The van der Waals surface area contributed by atoms with E-state index in [2.05, 4.69) is 10.3 Å². The van der Waals surface area contributed by atoms with Crippen molar-refractivity contribution in [2.75, 3.05) is 6.61 Å². The van der Waals surface area contributed by atoms with Gasteiger partial charge in [0.05, 0.1) is 18.2 Å². The second kappa shape index (κ2) is 6.37. The number of amides is 1. The lowest BCUT2D eigenvalue weighted by Crippen LogP contribution is -2.31. The van der Waals surface area contributed by atoms with Crippen LogP contribution >= 0.6 is 0 Å². The Kier molecular flexibility index (Phi) is 4.12. The average Bonchev–Trinajstić information content (AvgIpc) is 2.59. The lowest BCUT2D eigenvalue weighted by molar-refractivity contribution is 0.0911. The van der Waals surface area contributed by atoms with E-state index in [0.717, 1.165) is 16.5 Å². The molecule has 0 bridgehead atoms. The van der Waals surface area contributed by atoms with E-state index in [4.69, 9.17) is 0 Å². The van der Waals surface area contributed by atoms with Gasteiger partial charge in [0, 0.05) is 5.39 Å². The minimum absolute atomic E-state index is 0.163. The van der Waals surface area contributed by atoms with E-state index in [1.807, 2.05) is 60.7 Å². The Hall–Kier alpha value is -2.72. The molecule has 0 fully saturated rings. The third-order valence-electron chi connectivity index (χ3n) is 3.52. The van der Waals surface area contributed by atoms with E-state index in [0.29, 0.717) is 5.69 Å². The van der Waals surface area contributed by atoms with Crippen molar-refractivity contribution >= 4 is 16.8 Å². The van der Waals surface area contributed by atoms with Gasteiger partial charge in [0.1, 0.15) is 5.69 Å². The fourth-order valence-corrected chi connectivity index (χ4v) is 2.34. The summed E-state index contributed by atoms with van der Waals surface area (Å²) >= 11 is 0. The molecule has 1 amide bonds. The molecule has 0 radical (unpaired) electrons. The maximum absolute atomic E-state index is 12.3. The summed E-state index contributed by atoms with van der Waals surface area (Å²) in [4.78, 5) is 16.7. The fraction of sp³-hybridized carbons (Fsp3) is 0.111. The number of nitrogens with zero attached hydrogens (tertiary/aromatic N) is 1. The number of pyridine rings is 1. The largest absolute Gasteiger partial charge is 0.394 e. The number of hydrogen-bond donors (Lipinski definition) is 2. The van der Waals surface area contributed by atoms with Crippen LogP contribution in [0, 0.1) is 0 Å². The van der Waals surface area contributed by atoms with Crippen molar-refractivity contribution in [2.45, 2.75) is 6.04 Å². The van der Waals surface area contributed by atoms with Crippen molar-refractivity contribution in [1.29, 1.82) is 0 Å². The minimum Gasteiger partial charge on any atom is -0.394 e. The Morgan fingerprint density at radius 3 is 2.50 bits per heavy atom. The van der Waals surface area contributed by atoms with E-state index >= 15 is 0 Å². The van der Waals surface area contributed by atoms with Crippen molar-refractivity contribution in [1.82, 2.24) is 10.3 Å². The van der Waals surface area contributed by atoms with Gasteiger partial charge in [0.25, 0.3) is 5.91 Å². The van der Waals surface area contributed by atoms with E-state index in [1.165, 1.54) is 0 Å². The number of rotatable bonds is 4. The number of fused-ring (bicyclic) bond motifs is 1. The van der Waals surface area contributed by atoms with E-state index in [9.17, 15) is 9.90 Å². The van der Waals surface area contributed by atoms with Crippen LogP contribution in [0.2, 0.25) is 0 Å². The number of carbonyl (C=O) groups is 1. The summed E-state index contributed by atoms with van der Waals surface area (Å²) in [7, 11) is 0. The maximum Gasteiger partial charge on any atom is 0.270 e. The molecule has 110 valence electrons. The van der Waals surface area contributed by atoms with Crippen molar-refractivity contribution in [2.24, 2.45) is 0 Å². The van der Waals surface area contributed by atoms with Crippen LogP contribution in [0.25, 0.3) is 10.9 Å². The smallest absolute Gasteiger partial charge is 0.270 e. The third kappa shape index (κ3) is 2.97. The SMILES string of the molecule is O=C(NC(CO)c1ccccc1)c1ccc2ccccc2n1. The van der Waals surface area contributed by atoms with Crippen molar-refractivity contribution < 1.29 is 9.90 Å². The highest BCUT2D eigenvalue weighted by molar-refractivity contribution is 5.95. The lowest BCUT2D eigenvalue weighted by atomic mass is 10.1. The molecule has 1 aromatic heterocycles. The van der Waals surface area contributed by atoms with Gasteiger partial charge < -0.3 is 10.4 Å². The molecule has 2 aromatic carbocycles. The Labute approximate surface area is 128 Å². The number of aromatic nitrogens is 1. The van der Waals surface area contributed by atoms with Gasteiger partial charge in [-0.05, 0) is 17.7 Å². The predicted molar refractivity (Wildman–Crippen MR) is 85.5 cm³/mol. The zero-order valence-electron chi connectivity index (χ0n) is 11.9. The molecule has 1 atom stereocenters. The van der Waals surface area contributed by atoms with Crippen molar-refractivity contribution in [3.63, 3.8) is 0 Å². The van der Waals surface area contributed by atoms with Crippen molar-refractivity contribution in [3.05, 3.63) is 78.0 Å². The molecule has 1 unspecified atom stereocenters. The summed E-state index contributed by atoms with van der Waals surface area (Å²) in [6, 6.07) is 20.1. The highest BCUT2D eigenvalue weighted by Gasteiger charge is 2.15. The van der Waals surface area contributed by atoms with Crippen molar-refractivity contribution in [3.8, 4) is 0 Å². The number of hydrogen-bond acceptors (Lipinski definition) is 3. The Morgan fingerprint density at radius 2 is 1.73 bits per heavy atom. The first-order valence-electron chi connectivity index (χ1n) is 7.10. The average molecular weight is 292 g/mol. The number of nitrogens with one attached hydrogen (secondary N) is 1. The minimum atomic E-state index is -0.443. The lowest BCUT2D eigenvalue weighted by Gasteiger charge is -2.16. The Morgan fingerprint density at radius 1 is 1.00 bits per heavy atom. The Balaban J connectivity index is 1.83. The molecule has 1 heterocycles. The van der Waals surface area contributed by atoms with Crippen LogP contribution < -0.4 is 5.32 Å². The van der Waals surface area contributed by atoms with Crippen LogP contribution in [0.3, 0.4) is 0 Å². The molecule has 0 aliphatic carbocycles. The standard InChI is InChI=1S/C18H16N2O2/c21-12-17(13-6-2-1-3-7-13)20-18(22)16-11-10-14-8-4-5-9-15(14)19-16/h1-11,17,21H,12H2,(H,20,22). The van der Waals surface area contributed by atoms with Gasteiger partial charge in [-0.25, -0.2) is 4.98 Å². The molecule has 4 nitrogen and oxygen atoms in total. The van der Waals surface area contributed by atoms with Gasteiger partial charge in [0.2, 0.25) is 0 Å². The number of carbonyl (C=O) groups excluding carboxylic acids is 1. The molecule has 0 saturated carbocycles. The summed E-state index contributed by atoms with van der Waals surface area (Å²) in [6.45, 7) is -0.163. The molecule has 0 spiro atoms. The maximum atomic E-state index is 12.3. The van der Waals surface area contributed by atoms with Crippen LogP contribution in [0.15, 0.2) is 66.7 Å². The van der Waals surface area contributed by atoms with Crippen LogP contribution in [0.5, 0.6) is 0 Å². The first-order valence-corrected chi connectivity index (χ1v) is 7.10. The third-order valence-corrected chi connectivity index (χ3v) is 3.52. The second-order valence-corrected chi connectivity index (χ2v) is 5.01. The monoisotopic (exact) mass is 292 g/mol. The quantitative estimate of drug-likeness (QED) is 0.777. The van der Waals surface area contributed by atoms with Gasteiger partial charge in [-0.3, -0.25) is 4.79 Å². The zero-order valence-corrected chi connectivity index (χ0v) is 11.9. The molecule has 0 aliphatic rings. The zero-order chi connectivity index (χ0) is 15.4. The van der Waals surface area contributed by atoms with E-state index < -0.39 is 6.04 Å². The van der Waals surface area contributed by atoms with Crippen LogP contribution in [0.4, 0.5) is 0 Å². The molecule has 0 aliphatic heterocycles. The van der Waals surface area contributed by atoms with Gasteiger partial charge in [0.15, 0.2) is 0 Å². The summed E-state index contributed by atoms with van der Waals surface area (Å²) in [5.74, 6) is -0.298. The van der Waals surface area contributed by atoms with E-state index in [1.54, 1.807) is 6.07 Å². The summed E-state index contributed by atoms with van der Waals surface area (Å²) in [5.41, 5.74) is 1.97. The van der Waals surface area contributed by atoms with Gasteiger partial charge in [-0.2, -0.15) is 0 Å². The van der Waals surface area contributed by atoms with Gasteiger partial charge in [-0.15, -0.1) is 0 Å². The number of aliphatic hydroxyl groups is 1. The topological polar surface area (TPSA) is 62.2 Å². The molecular formula is C18H16N2O2. The van der Waals surface area contributed by atoms with Crippen LogP contribution in [-0.4, -0.2) is 22.6 Å². The van der Waals surface area contributed by atoms with Gasteiger partial charge in [-0.1, -0.05) is 54.6 Å². The normalized spacial score (nSPS) is 12.0. The molecule has 3 aromatic rings.